The zero-order chi connectivity index (χ0) is 28.7. The van der Waals surface area contributed by atoms with Gasteiger partial charge in [0.15, 0.2) is 5.17 Å². The third-order valence-electron chi connectivity index (χ3n) is 5.93. The van der Waals surface area contributed by atoms with E-state index in [1.165, 1.54) is 36.0 Å². The summed E-state index contributed by atoms with van der Waals surface area (Å²) >= 11 is 1.17. The van der Waals surface area contributed by atoms with Crippen molar-refractivity contribution in [2.45, 2.75) is 29.9 Å². The molecule has 3 aromatic carbocycles. The van der Waals surface area contributed by atoms with Crippen LogP contribution in [0.4, 0.5) is 11.4 Å². The molecule has 4 rings (SSSR count). The fourth-order valence-corrected chi connectivity index (χ4v) is 5.51. The number of hydrogen-bond donors (Lipinski definition) is 2. The number of benzene rings is 3. The molecule has 0 aliphatic carbocycles. The number of carbonyl (C=O) groups excluding carboxylic acids is 3. The number of primary sulfonamides is 1. The van der Waals surface area contributed by atoms with Gasteiger partial charge in [-0.15, -0.1) is 0 Å². The number of nitrogens with one attached hydrogen (secondary N) is 1. The molecule has 1 heterocycles. The molecule has 40 heavy (non-hydrogen) atoms. The van der Waals surface area contributed by atoms with Crippen LogP contribution in [-0.2, 0) is 30.8 Å². The van der Waals surface area contributed by atoms with Gasteiger partial charge in [-0.05, 0) is 67.4 Å². The van der Waals surface area contributed by atoms with Crippen molar-refractivity contribution in [1.82, 2.24) is 0 Å². The van der Waals surface area contributed by atoms with Crippen molar-refractivity contribution < 1.29 is 27.5 Å². The summed E-state index contributed by atoms with van der Waals surface area (Å²) in [6.07, 6.45) is 0.509. The molecule has 0 spiro atoms. The van der Waals surface area contributed by atoms with E-state index in [2.05, 4.69) is 10.3 Å². The molecule has 10 nitrogen and oxygen atoms in total. The minimum atomic E-state index is -3.77. The fraction of sp³-hybridized carbons (Fsp3) is 0.214. The van der Waals surface area contributed by atoms with Crippen molar-refractivity contribution in [2.24, 2.45) is 10.1 Å². The average molecular weight is 581 g/mol. The number of rotatable bonds is 9. The summed E-state index contributed by atoms with van der Waals surface area (Å²) in [7, 11) is -3.77. The molecular weight excluding hydrogens is 552 g/mol. The molecule has 1 unspecified atom stereocenters. The molecule has 0 aromatic heterocycles. The van der Waals surface area contributed by atoms with Gasteiger partial charge in [-0.3, -0.25) is 14.6 Å². The van der Waals surface area contributed by atoms with Gasteiger partial charge in [0.25, 0.3) is 0 Å². The van der Waals surface area contributed by atoms with E-state index in [1.807, 2.05) is 30.3 Å². The minimum absolute atomic E-state index is 0.00631. The Balaban J connectivity index is 1.47. The summed E-state index contributed by atoms with van der Waals surface area (Å²) in [6, 6.07) is 21.7. The maximum Gasteiger partial charge on any atom is 0.338 e. The lowest BCUT2D eigenvalue weighted by Crippen LogP contribution is -2.31. The van der Waals surface area contributed by atoms with Gasteiger partial charge in [0.05, 0.1) is 22.8 Å². The van der Waals surface area contributed by atoms with Gasteiger partial charge in [-0.1, -0.05) is 42.1 Å². The van der Waals surface area contributed by atoms with Crippen LogP contribution in [0, 0.1) is 0 Å². The van der Waals surface area contributed by atoms with Crippen LogP contribution in [0.2, 0.25) is 0 Å². The second-order valence-electron chi connectivity index (χ2n) is 8.76. The SMILES string of the molecule is CCOC(=O)c1ccc(N2C(=O)CC(SC(=NCCc3ccc(S(N)(=O)=O)cc3)Nc3ccccc3)C2=O)cc1. The van der Waals surface area contributed by atoms with E-state index in [0.717, 1.165) is 16.2 Å². The summed E-state index contributed by atoms with van der Waals surface area (Å²) in [5, 5.41) is 8.16. The number of carbonyl (C=O) groups is 3. The van der Waals surface area contributed by atoms with Crippen molar-refractivity contribution in [2.75, 3.05) is 23.4 Å². The summed E-state index contributed by atoms with van der Waals surface area (Å²) < 4.78 is 28.0. The number of amidine groups is 1. The second kappa shape index (κ2) is 12.9. The molecule has 1 saturated heterocycles. The number of hydrogen-bond acceptors (Lipinski definition) is 8. The number of aliphatic imine (C=N–C) groups is 1. The Bertz CT molecular complexity index is 1510. The standard InChI is InChI=1S/C28H28N4O6S2/c1-2-38-27(35)20-10-12-22(13-11-20)32-25(33)18-24(26(32)34)39-28(31-21-6-4-3-5-7-21)30-17-16-19-8-14-23(15-9-19)40(29,36)37/h3-15,24H,2,16-18H2,1H3,(H,30,31)(H2,29,36,37). The molecule has 0 saturated carbocycles. The highest BCUT2D eigenvalue weighted by molar-refractivity contribution is 8.15. The number of amides is 2. The van der Waals surface area contributed by atoms with Gasteiger partial charge in [0, 0.05) is 18.7 Å². The highest BCUT2D eigenvalue weighted by atomic mass is 32.2. The molecule has 1 aliphatic rings. The topological polar surface area (TPSA) is 148 Å². The van der Waals surface area contributed by atoms with Crippen LogP contribution in [0.3, 0.4) is 0 Å². The quantitative estimate of drug-likeness (QED) is 0.169. The van der Waals surface area contributed by atoms with E-state index in [1.54, 1.807) is 31.2 Å². The van der Waals surface area contributed by atoms with Crippen molar-refractivity contribution >= 4 is 56.1 Å². The van der Waals surface area contributed by atoms with Crippen LogP contribution in [0.15, 0.2) is 88.8 Å². The van der Waals surface area contributed by atoms with Crippen molar-refractivity contribution in [3.8, 4) is 0 Å². The summed E-state index contributed by atoms with van der Waals surface area (Å²) in [4.78, 5) is 43.9. The number of thioether (sulfide) groups is 1. The zero-order valence-electron chi connectivity index (χ0n) is 21.6. The number of para-hydroxylation sites is 1. The Morgan fingerprint density at radius 1 is 1.05 bits per heavy atom. The van der Waals surface area contributed by atoms with Gasteiger partial charge in [-0.2, -0.15) is 0 Å². The van der Waals surface area contributed by atoms with Crippen LogP contribution >= 0.6 is 11.8 Å². The highest BCUT2D eigenvalue weighted by Gasteiger charge is 2.41. The Labute approximate surface area is 236 Å². The fourth-order valence-electron chi connectivity index (χ4n) is 3.95. The Hall–Kier alpha value is -4.00. The normalized spacial score (nSPS) is 15.8. The maximum atomic E-state index is 13.3. The number of ether oxygens (including phenoxy) is 1. The highest BCUT2D eigenvalue weighted by Crippen LogP contribution is 2.31. The first-order valence-electron chi connectivity index (χ1n) is 12.4. The number of anilines is 2. The largest absolute Gasteiger partial charge is 0.462 e. The van der Waals surface area contributed by atoms with Gasteiger partial charge in [0.1, 0.15) is 5.25 Å². The average Bonchev–Trinajstić information content (AvgIpc) is 3.21. The Morgan fingerprint density at radius 3 is 2.35 bits per heavy atom. The molecule has 2 amide bonds. The van der Waals surface area contributed by atoms with Crippen LogP contribution in [0.1, 0.15) is 29.3 Å². The van der Waals surface area contributed by atoms with E-state index in [-0.39, 0.29) is 29.7 Å². The third-order valence-corrected chi connectivity index (χ3v) is 7.97. The smallest absolute Gasteiger partial charge is 0.338 e. The number of nitrogens with two attached hydrogens (primary N) is 1. The first kappa shape index (κ1) is 29.0. The lowest BCUT2D eigenvalue weighted by atomic mass is 10.1. The third kappa shape index (κ3) is 7.34. The first-order chi connectivity index (χ1) is 19.2. The van der Waals surface area contributed by atoms with Crippen molar-refractivity contribution in [3.05, 3.63) is 90.0 Å². The minimum Gasteiger partial charge on any atom is -0.462 e. The summed E-state index contributed by atoms with van der Waals surface area (Å²) in [5.74, 6) is -1.20. The molecular formula is C28H28N4O6S2. The second-order valence-corrected chi connectivity index (χ2v) is 11.5. The molecule has 3 aromatic rings. The number of sulfonamides is 1. The first-order valence-corrected chi connectivity index (χ1v) is 14.9. The van der Waals surface area contributed by atoms with Crippen LogP contribution < -0.4 is 15.4 Å². The Kier molecular flexibility index (Phi) is 9.35. The number of nitrogens with zero attached hydrogens (tertiary/aromatic N) is 2. The zero-order valence-corrected chi connectivity index (χ0v) is 23.3. The number of esters is 1. The monoisotopic (exact) mass is 580 g/mol. The van der Waals surface area contributed by atoms with Crippen molar-refractivity contribution in [1.29, 1.82) is 0 Å². The van der Waals surface area contributed by atoms with E-state index >= 15 is 0 Å². The lowest BCUT2D eigenvalue weighted by molar-refractivity contribution is -0.121. The molecule has 1 atom stereocenters. The van der Waals surface area contributed by atoms with Gasteiger partial charge in [-0.25, -0.2) is 23.3 Å². The molecule has 208 valence electrons. The van der Waals surface area contributed by atoms with E-state index in [9.17, 15) is 22.8 Å². The molecule has 0 radical (unpaired) electrons. The van der Waals surface area contributed by atoms with Crippen molar-refractivity contribution in [3.63, 3.8) is 0 Å². The Morgan fingerprint density at radius 2 is 1.73 bits per heavy atom. The number of imide groups is 1. The summed E-state index contributed by atoms with van der Waals surface area (Å²) in [5.41, 5.74) is 2.35. The van der Waals surface area contributed by atoms with Gasteiger partial charge >= 0.3 is 5.97 Å². The van der Waals surface area contributed by atoms with Gasteiger partial charge in [0.2, 0.25) is 21.8 Å². The molecule has 3 N–H and O–H groups in total. The van der Waals surface area contributed by atoms with E-state index in [4.69, 9.17) is 9.88 Å². The van der Waals surface area contributed by atoms with E-state index < -0.39 is 21.2 Å². The maximum absolute atomic E-state index is 13.3. The molecule has 1 fully saturated rings. The van der Waals surface area contributed by atoms with Crippen LogP contribution in [0.25, 0.3) is 0 Å². The molecule has 0 bridgehead atoms. The predicted molar refractivity (Wildman–Crippen MR) is 155 cm³/mol. The lowest BCUT2D eigenvalue weighted by Gasteiger charge is -2.16. The molecule has 1 aliphatic heterocycles. The van der Waals surface area contributed by atoms with E-state index in [0.29, 0.717) is 29.4 Å². The summed E-state index contributed by atoms with van der Waals surface area (Å²) in [6.45, 7) is 2.31. The van der Waals surface area contributed by atoms with Crippen LogP contribution in [0.5, 0.6) is 0 Å². The van der Waals surface area contributed by atoms with Crippen LogP contribution in [-0.4, -0.2) is 49.8 Å². The predicted octanol–water partition coefficient (Wildman–Crippen LogP) is 3.59. The molecule has 12 heteroatoms. The van der Waals surface area contributed by atoms with Gasteiger partial charge < -0.3 is 10.1 Å².